The van der Waals surface area contributed by atoms with E-state index in [1.807, 2.05) is 0 Å². The van der Waals surface area contributed by atoms with Crippen LogP contribution in [0.25, 0.3) is 0 Å². The Morgan fingerprint density at radius 3 is 2.60 bits per heavy atom. The predicted molar refractivity (Wildman–Crippen MR) is 73.3 cm³/mol. The zero-order valence-corrected chi connectivity index (χ0v) is 12.6. The van der Waals surface area contributed by atoms with Crippen molar-refractivity contribution in [3.8, 4) is 0 Å². The maximum absolute atomic E-state index is 12.8. The van der Waals surface area contributed by atoms with E-state index in [4.69, 9.17) is 0 Å². The van der Waals surface area contributed by atoms with E-state index in [-0.39, 0.29) is 12.1 Å². The SMILES string of the molecule is CC1CCCN(S(=O)(=O)N2C3CCC2C(C(=O)O)C3)C1. The molecule has 3 heterocycles. The lowest BCUT2D eigenvalue weighted by Crippen LogP contribution is -2.50. The minimum atomic E-state index is -3.49. The van der Waals surface area contributed by atoms with E-state index in [1.165, 1.54) is 4.31 Å². The summed E-state index contributed by atoms with van der Waals surface area (Å²) in [5.74, 6) is -0.996. The van der Waals surface area contributed by atoms with Gasteiger partial charge in [0.15, 0.2) is 0 Å². The van der Waals surface area contributed by atoms with E-state index in [1.54, 1.807) is 4.31 Å². The Balaban J connectivity index is 1.83. The fraction of sp³-hybridized carbons (Fsp3) is 0.923. The topological polar surface area (TPSA) is 77.9 Å². The van der Waals surface area contributed by atoms with Gasteiger partial charge in [-0.05, 0) is 38.0 Å². The highest BCUT2D eigenvalue weighted by molar-refractivity contribution is 7.86. The molecule has 0 spiro atoms. The van der Waals surface area contributed by atoms with Crippen molar-refractivity contribution in [2.75, 3.05) is 13.1 Å². The fourth-order valence-electron chi connectivity index (χ4n) is 4.05. The summed E-state index contributed by atoms with van der Waals surface area (Å²) in [6.07, 6.45) is 3.92. The number of hydrogen-bond acceptors (Lipinski definition) is 3. The van der Waals surface area contributed by atoms with Gasteiger partial charge in [-0.3, -0.25) is 4.79 Å². The molecule has 3 aliphatic heterocycles. The third-order valence-corrected chi connectivity index (χ3v) is 7.09. The molecule has 20 heavy (non-hydrogen) atoms. The van der Waals surface area contributed by atoms with Crippen molar-refractivity contribution in [1.29, 1.82) is 0 Å². The van der Waals surface area contributed by atoms with Gasteiger partial charge in [0.05, 0.1) is 5.92 Å². The summed E-state index contributed by atoms with van der Waals surface area (Å²) in [6.45, 7) is 3.21. The van der Waals surface area contributed by atoms with E-state index < -0.39 is 22.1 Å². The monoisotopic (exact) mass is 302 g/mol. The van der Waals surface area contributed by atoms with E-state index in [9.17, 15) is 18.3 Å². The molecule has 114 valence electrons. The number of nitrogens with zero attached hydrogens (tertiary/aromatic N) is 2. The van der Waals surface area contributed by atoms with Crippen LogP contribution in [0.2, 0.25) is 0 Å². The lowest BCUT2D eigenvalue weighted by molar-refractivity contribution is -0.142. The van der Waals surface area contributed by atoms with Crippen molar-refractivity contribution in [2.45, 2.75) is 51.1 Å². The van der Waals surface area contributed by atoms with Crippen LogP contribution in [-0.4, -0.2) is 53.3 Å². The van der Waals surface area contributed by atoms with Gasteiger partial charge in [-0.1, -0.05) is 6.92 Å². The summed E-state index contributed by atoms with van der Waals surface area (Å²) >= 11 is 0. The molecular formula is C13H22N2O4S. The molecule has 0 saturated carbocycles. The van der Waals surface area contributed by atoms with Crippen LogP contribution in [0.3, 0.4) is 0 Å². The molecule has 0 aromatic carbocycles. The van der Waals surface area contributed by atoms with Crippen molar-refractivity contribution in [3.63, 3.8) is 0 Å². The van der Waals surface area contributed by atoms with Crippen LogP contribution in [0, 0.1) is 11.8 Å². The number of carbonyl (C=O) groups is 1. The predicted octanol–water partition coefficient (Wildman–Crippen LogP) is 0.901. The first-order chi connectivity index (χ1) is 9.41. The average Bonchev–Trinajstić information content (AvgIpc) is 2.96. The lowest BCUT2D eigenvalue weighted by Gasteiger charge is -2.34. The number of hydrogen-bond donors (Lipinski definition) is 1. The third-order valence-electron chi connectivity index (χ3n) is 5.00. The molecule has 0 aromatic heterocycles. The van der Waals surface area contributed by atoms with Gasteiger partial charge >= 0.3 is 5.97 Å². The Hall–Kier alpha value is -0.660. The van der Waals surface area contributed by atoms with E-state index in [0.29, 0.717) is 31.8 Å². The number of carboxylic acid groups (broad SMARTS) is 1. The summed E-state index contributed by atoms with van der Waals surface area (Å²) in [5, 5.41) is 9.24. The van der Waals surface area contributed by atoms with Crippen LogP contribution < -0.4 is 0 Å². The molecule has 4 atom stereocenters. The van der Waals surface area contributed by atoms with E-state index >= 15 is 0 Å². The quantitative estimate of drug-likeness (QED) is 0.840. The van der Waals surface area contributed by atoms with Crippen LogP contribution in [0.5, 0.6) is 0 Å². The van der Waals surface area contributed by atoms with Gasteiger partial charge in [0.25, 0.3) is 10.2 Å². The normalized spacial score (nSPS) is 39.2. The molecule has 3 fully saturated rings. The van der Waals surface area contributed by atoms with Crippen molar-refractivity contribution in [3.05, 3.63) is 0 Å². The zero-order valence-electron chi connectivity index (χ0n) is 11.7. The highest BCUT2D eigenvalue weighted by Crippen LogP contribution is 2.44. The van der Waals surface area contributed by atoms with Crippen molar-refractivity contribution >= 4 is 16.2 Å². The smallest absolute Gasteiger partial charge is 0.308 e. The van der Waals surface area contributed by atoms with Gasteiger partial charge in [0.1, 0.15) is 0 Å². The number of carboxylic acids is 1. The number of piperidine rings is 1. The Morgan fingerprint density at radius 2 is 2.00 bits per heavy atom. The number of rotatable bonds is 3. The maximum atomic E-state index is 12.8. The summed E-state index contributed by atoms with van der Waals surface area (Å²) in [6, 6.07) is -0.442. The number of aliphatic carboxylic acids is 1. The second-order valence-electron chi connectivity index (χ2n) is 6.42. The molecule has 0 radical (unpaired) electrons. The Morgan fingerprint density at radius 1 is 1.25 bits per heavy atom. The van der Waals surface area contributed by atoms with E-state index in [0.717, 1.165) is 19.3 Å². The molecule has 0 amide bonds. The zero-order chi connectivity index (χ0) is 14.5. The summed E-state index contributed by atoms with van der Waals surface area (Å²) in [4.78, 5) is 11.3. The molecule has 1 N–H and O–H groups in total. The van der Waals surface area contributed by atoms with Gasteiger partial charge in [-0.15, -0.1) is 0 Å². The first kappa shape index (κ1) is 14.3. The van der Waals surface area contributed by atoms with Crippen LogP contribution in [0.15, 0.2) is 0 Å². The molecular weight excluding hydrogens is 280 g/mol. The Bertz CT molecular complexity index is 507. The Labute approximate surface area is 119 Å². The van der Waals surface area contributed by atoms with Crippen LogP contribution >= 0.6 is 0 Å². The summed E-state index contributed by atoms with van der Waals surface area (Å²) in [7, 11) is -3.49. The highest BCUT2D eigenvalue weighted by Gasteiger charge is 2.55. The third kappa shape index (κ3) is 2.16. The molecule has 3 saturated heterocycles. The van der Waals surface area contributed by atoms with E-state index in [2.05, 4.69) is 6.92 Å². The summed E-state index contributed by atoms with van der Waals surface area (Å²) in [5.41, 5.74) is 0. The maximum Gasteiger partial charge on any atom is 0.308 e. The standard InChI is InChI=1S/C13H22N2O4S/c1-9-3-2-6-14(8-9)20(18,19)15-10-4-5-12(15)11(7-10)13(16)17/h9-12H,2-8H2,1H3,(H,16,17). The second-order valence-corrected chi connectivity index (χ2v) is 8.26. The number of fused-ring (bicyclic) bond motifs is 2. The minimum Gasteiger partial charge on any atom is -0.481 e. The average molecular weight is 302 g/mol. The molecule has 3 aliphatic rings. The van der Waals surface area contributed by atoms with Gasteiger partial charge in [0, 0.05) is 25.2 Å². The minimum absolute atomic E-state index is 0.108. The molecule has 4 unspecified atom stereocenters. The van der Waals surface area contributed by atoms with Crippen molar-refractivity contribution < 1.29 is 18.3 Å². The highest BCUT2D eigenvalue weighted by atomic mass is 32.2. The molecule has 0 aliphatic carbocycles. The molecule has 6 nitrogen and oxygen atoms in total. The second kappa shape index (κ2) is 4.96. The first-order valence-corrected chi connectivity index (χ1v) is 8.82. The largest absolute Gasteiger partial charge is 0.481 e. The molecule has 7 heteroatoms. The van der Waals surface area contributed by atoms with Crippen LogP contribution in [0.4, 0.5) is 0 Å². The van der Waals surface area contributed by atoms with Crippen LogP contribution in [-0.2, 0) is 15.0 Å². The van der Waals surface area contributed by atoms with Crippen LogP contribution in [0.1, 0.15) is 39.0 Å². The molecule has 3 rings (SSSR count). The van der Waals surface area contributed by atoms with Crippen molar-refractivity contribution in [1.82, 2.24) is 8.61 Å². The van der Waals surface area contributed by atoms with Crippen molar-refractivity contribution in [2.24, 2.45) is 11.8 Å². The lowest BCUT2D eigenvalue weighted by atomic mass is 9.89. The van der Waals surface area contributed by atoms with Gasteiger partial charge < -0.3 is 5.11 Å². The molecule has 0 aromatic rings. The fourth-order valence-corrected chi connectivity index (χ4v) is 6.29. The van der Waals surface area contributed by atoms with Gasteiger partial charge in [-0.25, -0.2) is 0 Å². The molecule has 2 bridgehead atoms. The Kier molecular flexibility index (Phi) is 3.54. The summed E-state index contributed by atoms with van der Waals surface area (Å²) < 4.78 is 28.7. The van der Waals surface area contributed by atoms with Gasteiger partial charge in [-0.2, -0.15) is 17.0 Å². The first-order valence-electron chi connectivity index (χ1n) is 7.42. The van der Waals surface area contributed by atoms with Gasteiger partial charge in [0.2, 0.25) is 0 Å².